The van der Waals surface area contributed by atoms with Gasteiger partial charge in [0.2, 0.25) is 5.91 Å². The SMILES string of the molecule is CC.CNC(=O)C1C=C(Oc2ccc(N)c(F)c2)C=CN1. The number of amides is 1. The third kappa shape index (κ3) is 4.52. The average Bonchev–Trinajstić information content (AvgIpc) is 2.52. The lowest BCUT2D eigenvalue weighted by Crippen LogP contribution is -2.40. The first kappa shape index (κ1) is 16.6. The lowest BCUT2D eigenvalue weighted by Gasteiger charge is -2.17. The summed E-state index contributed by atoms with van der Waals surface area (Å²) in [6.07, 6.45) is 4.85. The van der Waals surface area contributed by atoms with Crippen LogP contribution in [0.1, 0.15) is 13.8 Å². The van der Waals surface area contributed by atoms with Crippen molar-refractivity contribution in [1.82, 2.24) is 10.6 Å². The van der Waals surface area contributed by atoms with E-state index >= 15 is 0 Å². The molecular formula is C15H20FN3O2. The zero-order chi connectivity index (χ0) is 15.8. The smallest absolute Gasteiger partial charge is 0.246 e. The fraction of sp³-hybridized carbons (Fsp3) is 0.267. The van der Waals surface area contributed by atoms with E-state index < -0.39 is 11.9 Å². The lowest BCUT2D eigenvalue weighted by atomic mass is 10.2. The van der Waals surface area contributed by atoms with Gasteiger partial charge in [-0.05, 0) is 24.3 Å². The Kier molecular flexibility index (Phi) is 6.26. The van der Waals surface area contributed by atoms with E-state index in [0.717, 1.165) is 0 Å². The summed E-state index contributed by atoms with van der Waals surface area (Å²) in [7, 11) is 1.55. The highest BCUT2D eigenvalue weighted by Crippen LogP contribution is 2.21. The summed E-state index contributed by atoms with van der Waals surface area (Å²) in [5.41, 5.74) is 5.44. The van der Waals surface area contributed by atoms with Crippen LogP contribution < -0.4 is 21.1 Å². The number of halogens is 1. The van der Waals surface area contributed by atoms with Crippen molar-refractivity contribution in [3.05, 3.63) is 48.1 Å². The lowest BCUT2D eigenvalue weighted by molar-refractivity contribution is -0.121. The molecule has 0 bridgehead atoms. The molecule has 1 aromatic carbocycles. The zero-order valence-corrected chi connectivity index (χ0v) is 12.3. The molecular weight excluding hydrogens is 273 g/mol. The number of ether oxygens (including phenoxy) is 1. The van der Waals surface area contributed by atoms with E-state index in [-0.39, 0.29) is 11.6 Å². The number of nitrogen functional groups attached to an aromatic ring is 1. The number of likely N-dealkylation sites (N-methyl/N-ethyl adjacent to an activating group) is 1. The summed E-state index contributed by atoms with van der Waals surface area (Å²) in [6.45, 7) is 4.00. The number of dihydropyridines is 1. The quantitative estimate of drug-likeness (QED) is 0.744. The minimum atomic E-state index is -0.543. The van der Waals surface area contributed by atoms with E-state index in [4.69, 9.17) is 10.5 Å². The van der Waals surface area contributed by atoms with Gasteiger partial charge in [0.1, 0.15) is 23.4 Å². The fourth-order valence-corrected chi connectivity index (χ4v) is 1.58. The molecule has 0 saturated heterocycles. The Labute approximate surface area is 123 Å². The molecule has 5 nitrogen and oxygen atoms in total. The van der Waals surface area contributed by atoms with Crippen molar-refractivity contribution in [2.75, 3.05) is 12.8 Å². The third-order valence-electron chi connectivity index (χ3n) is 2.59. The summed E-state index contributed by atoms with van der Waals surface area (Å²) in [5.74, 6) is 0.0458. The molecule has 1 aliphatic heterocycles. The van der Waals surface area contributed by atoms with Gasteiger partial charge >= 0.3 is 0 Å². The van der Waals surface area contributed by atoms with Crippen LogP contribution in [0.15, 0.2) is 42.3 Å². The summed E-state index contributed by atoms with van der Waals surface area (Å²) in [4.78, 5) is 11.5. The van der Waals surface area contributed by atoms with Crippen LogP contribution in [-0.4, -0.2) is 19.0 Å². The van der Waals surface area contributed by atoms with Gasteiger partial charge in [0, 0.05) is 19.3 Å². The molecule has 1 heterocycles. The number of hydrogen-bond donors (Lipinski definition) is 3. The molecule has 21 heavy (non-hydrogen) atoms. The van der Waals surface area contributed by atoms with E-state index in [1.807, 2.05) is 13.8 Å². The van der Waals surface area contributed by atoms with Crippen molar-refractivity contribution >= 4 is 11.6 Å². The van der Waals surface area contributed by atoms with Crippen molar-refractivity contribution in [3.8, 4) is 5.75 Å². The van der Waals surface area contributed by atoms with Gasteiger partial charge in [-0.3, -0.25) is 4.79 Å². The highest BCUT2D eigenvalue weighted by molar-refractivity contribution is 5.84. The number of benzene rings is 1. The van der Waals surface area contributed by atoms with Crippen molar-refractivity contribution in [2.24, 2.45) is 0 Å². The van der Waals surface area contributed by atoms with Gasteiger partial charge < -0.3 is 21.1 Å². The van der Waals surface area contributed by atoms with Gasteiger partial charge in [0.25, 0.3) is 0 Å². The van der Waals surface area contributed by atoms with Gasteiger partial charge in [-0.15, -0.1) is 0 Å². The molecule has 0 radical (unpaired) electrons. The molecule has 1 unspecified atom stereocenters. The highest BCUT2D eigenvalue weighted by Gasteiger charge is 2.16. The van der Waals surface area contributed by atoms with E-state index in [2.05, 4.69) is 10.6 Å². The van der Waals surface area contributed by atoms with Crippen LogP contribution in [0.4, 0.5) is 10.1 Å². The van der Waals surface area contributed by atoms with Gasteiger partial charge in [-0.25, -0.2) is 4.39 Å². The second-order valence-corrected chi connectivity index (χ2v) is 3.95. The van der Waals surface area contributed by atoms with Crippen LogP contribution >= 0.6 is 0 Å². The zero-order valence-electron chi connectivity index (χ0n) is 12.3. The monoisotopic (exact) mass is 293 g/mol. The summed E-state index contributed by atoms with van der Waals surface area (Å²) in [5, 5.41) is 5.39. The molecule has 6 heteroatoms. The van der Waals surface area contributed by atoms with Crippen LogP contribution in [0, 0.1) is 5.82 Å². The molecule has 2 rings (SSSR count). The van der Waals surface area contributed by atoms with Crippen LogP contribution in [0.3, 0.4) is 0 Å². The second-order valence-electron chi connectivity index (χ2n) is 3.95. The van der Waals surface area contributed by atoms with Gasteiger partial charge in [-0.2, -0.15) is 0 Å². The maximum Gasteiger partial charge on any atom is 0.246 e. The number of nitrogens with one attached hydrogen (secondary N) is 2. The Balaban J connectivity index is 0.00000106. The Hall–Kier alpha value is -2.50. The predicted octanol–water partition coefficient (Wildman–Crippen LogP) is 1.93. The summed E-state index contributed by atoms with van der Waals surface area (Å²) in [6, 6.07) is 3.67. The summed E-state index contributed by atoms with van der Waals surface area (Å²) >= 11 is 0. The number of allylic oxidation sites excluding steroid dienone is 1. The Morgan fingerprint density at radius 2 is 2.14 bits per heavy atom. The topological polar surface area (TPSA) is 76.4 Å². The first-order chi connectivity index (χ1) is 10.1. The summed E-state index contributed by atoms with van der Waals surface area (Å²) < 4.78 is 18.7. The van der Waals surface area contributed by atoms with E-state index in [0.29, 0.717) is 11.5 Å². The maximum atomic E-state index is 13.3. The van der Waals surface area contributed by atoms with Crippen molar-refractivity contribution < 1.29 is 13.9 Å². The van der Waals surface area contributed by atoms with Crippen molar-refractivity contribution in [2.45, 2.75) is 19.9 Å². The number of carbonyl (C=O) groups is 1. The number of hydrogen-bond acceptors (Lipinski definition) is 4. The van der Waals surface area contributed by atoms with Gasteiger partial charge in [0.05, 0.1) is 5.69 Å². The Morgan fingerprint density at radius 1 is 1.43 bits per heavy atom. The van der Waals surface area contributed by atoms with Gasteiger partial charge in [-0.1, -0.05) is 13.8 Å². The van der Waals surface area contributed by atoms with Crippen LogP contribution in [0.25, 0.3) is 0 Å². The minimum Gasteiger partial charge on any atom is -0.457 e. The molecule has 4 N–H and O–H groups in total. The van der Waals surface area contributed by atoms with Crippen LogP contribution in [-0.2, 0) is 4.79 Å². The number of carbonyl (C=O) groups excluding carboxylic acids is 1. The number of anilines is 1. The molecule has 1 aliphatic rings. The molecule has 1 aromatic rings. The number of nitrogens with two attached hydrogens (primary N) is 1. The van der Waals surface area contributed by atoms with Crippen LogP contribution in [0.2, 0.25) is 0 Å². The fourth-order valence-electron chi connectivity index (χ4n) is 1.58. The molecule has 1 atom stereocenters. The Morgan fingerprint density at radius 3 is 2.76 bits per heavy atom. The van der Waals surface area contributed by atoms with Crippen LogP contribution in [0.5, 0.6) is 5.75 Å². The van der Waals surface area contributed by atoms with Crippen molar-refractivity contribution in [3.63, 3.8) is 0 Å². The molecule has 1 amide bonds. The van der Waals surface area contributed by atoms with E-state index in [1.165, 1.54) is 12.1 Å². The second kappa shape index (κ2) is 7.94. The minimum absolute atomic E-state index is 0.0606. The molecule has 0 spiro atoms. The molecule has 0 aromatic heterocycles. The highest BCUT2D eigenvalue weighted by atomic mass is 19.1. The molecule has 0 saturated carbocycles. The predicted molar refractivity (Wildman–Crippen MR) is 81.0 cm³/mol. The first-order valence-electron chi connectivity index (χ1n) is 6.69. The van der Waals surface area contributed by atoms with Gasteiger partial charge in [0.15, 0.2) is 0 Å². The maximum absolute atomic E-state index is 13.3. The first-order valence-corrected chi connectivity index (χ1v) is 6.69. The molecule has 114 valence electrons. The number of rotatable bonds is 3. The molecule has 0 fully saturated rings. The average molecular weight is 293 g/mol. The largest absolute Gasteiger partial charge is 0.457 e. The van der Waals surface area contributed by atoms with E-state index in [9.17, 15) is 9.18 Å². The third-order valence-corrected chi connectivity index (χ3v) is 2.59. The molecule has 0 aliphatic carbocycles. The van der Waals surface area contributed by atoms with E-state index in [1.54, 1.807) is 31.5 Å². The standard InChI is InChI=1S/C13H14FN3O2.C2H6/c1-16-13(18)12-7-9(4-5-17-12)19-8-2-3-11(15)10(14)6-8;1-2/h2-7,12,17H,15H2,1H3,(H,16,18);1-2H3. The normalized spacial score (nSPS) is 16.0. The Bertz CT molecular complexity index is 556. The van der Waals surface area contributed by atoms with Crippen molar-refractivity contribution in [1.29, 1.82) is 0 Å².